The lowest BCUT2D eigenvalue weighted by Gasteiger charge is -2.10. The van der Waals surface area contributed by atoms with E-state index in [2.05, 4.69) is 5.32 Å². The van der Waals surface area contributed by atoms with E-state index < -0.39 is 49.4 Å². The molecule has 0 bridgehead atoms. The molecule has 2 rings (SSSR count). The van der Waals surface area contributed by atoms with Crippen LogP contribution in [0, 0.1) is 20.2 Å². The van der Waals surface area contributed by atoms with E-state index in [0.717, 1.165) is 24.3 Å². The number of carbonyl (C=O) groups excluding carboxylic acids is 1. The summed E-state index contributed by atoms with van der Waals surface area (Å²) in [7, 11) is 0. The molecule has 0 aliphatic heterocycles. The van der Waals surface area contributed by atoms with Crippen LogP contribution in [0.4, 0.5) is 11.4 Å². The fraction of sp³-hybridized carbons (Fsp3) is 0.143. The standard InChI is InChI=1S/C14H11N3O8/c18-6-5-15-13(19)7-1-3-9(16(22)23)12-10(17(24)25)4-2-8(11(7)12)14(20)21/h1-4,18H,5-6H2,(H,15,19)(H,20,21). The van der Waals surface area contributed by atoms with Crippen molar-refractivity contribution >= 4 is 34.0 Å². The number of nitrogens with one attached hydrogen (secondary N) is 1. The number of hydrogen-bond donors (Lipinski definition) is 3. The number of aliphatic hydroxyl groups excluding tert-OH is 1. The molecule has 11 nitrogen and oxygen atoms in total. The maximum absolute atomic E-state index is 12.2. The molecular formula is C14H11N3O8. The third-order valence-electron chi connectivity index (χ3n) is 3.38. The molecular weight excluding hydrogens is 338 g/mol. The molecule has 11 heteroatoms. The van der Waals surface area contributed by atoms with Gasteiger partial charge in [0.1, 0.15) is 5.39 Å². The first-order chi connectivity index (χ1) is 11.8. The number of rotatable bonds is 6. The Morgan fingerprint density at radius 1 is 0.960 bits per heavy atom. The van der Waals surface area contributed by atoms with Crippen LogP contribution in [-0.4, -0.2) is 45.1 Å². The Hall–Kier alpha value is -3.60. The molecule has 3 N–H and O–H groups in total. The molecule has 0 aliphatic rings. The number of benzene rings is 2. The molecule has 2 aromatic rings. The molecule has 0 heterocycles. The van der Waals surface area contributed by atoms with Gasteiger partial charge in [0, 0.05) is 29.6 Å². The number of nitro groups is 2. The molecule has 0 atom stereocenters. The normalized spacial score (nSPS) is 10.4. The van der Waals surface area contributed by atoms with Gasteiger partial charge in [0.2, 0.25) is 0 Å². The fourth-order valence-electron chi connectivity index (χ4n) is 2.40. The Bertz CT molecular complexity index is 888. The number of aromatic carboxylic acids is 1. The summed E-state index contributed by atoms with van der Waals surface area (Å²) in [4.78, 5) is 44.3. The molecule has 2 aromatic carbocycles. The minimum atomic E-state index is -1.50. The second kappa shape index (κ2) is 6.88. The van der Waals surface area contributed by atoms with Crippen molar-refractivity contribution < 1.29 is 29.6 Å². The number of aliphatic hydroxyl groups is 1. The van der Waals surface area contributed by atoms with Gasteiger partial charge in [-0.15, -0.1) is 0 Å². The number of non-ortho nitro benzene ring substituents is 2. The van der Waals surface area contributed by atoms with Gasteiger partial charge in [-0.2, -0.15) is 0 Å². The summed E-state index contributed by atoms with van der Waals surface area (Å²) in [6.45, 7) is -0.531. The van der Waals surface area contributed by atoms with Gasteiger partial charge in [0.15, 0.2) is 0 Å². The van der Waals surface area contributed by atoms with Gasteiger partial charge >= 0.3 is 5.97 Å². The zero-order chi connectivity index (χ0) is 18.7. The van der Waals surface area contributed by atoms with Crippen LogP contribution in [0.25, 0.3) is 10.8 Å². The molecule has 0 aromatic heterocycles. The summed E-state index contributed by atoms with van der Waals surface area (Å²) < 4.78 is 0. The van der Waals surface area contributed by atoms with E-state index in [1.165, 1.54) is 0 Å². The highest BCUT2D eigenvalue weighted by Crippen LogP contribution is 2.37. The Labute approximate surface area is 138 Å². The highest BCUT2D eigenvalue weighted by atomic mass is 16.6. The van der Waals surface area contributed by atoms with Gasteiger partial charge in [-0.3, -0.25) is 25.0 Å². The van der Waals surface area contributed by atoms with Crippen LogP contribution >= 0.6 is 0 Å². The predicted molar refractivity (Wildman–Crippen MR) is 83.6 cm³/mol. The number of hydrogen-bond acceptors (Lipinski definition) is 7. The molecule has 0 radical (unpaired) electrons. The van der Waals surface area contributed by atoms with Crippen LogP contribution in [0.15, 0.2) is 24.3 Å². The zero-order valence-corrected chi connectivity index (χ0v) is 12.5. The maximum Gasteiger partial charge on any atom is 0.336 e. The van der Waals surface area contributed by atoms with E-state index >= 15 is 0 Å². The molecule has 0 saturated carbocycles. The number of nitrogens with zero attached hydrogens (tertiary/aromatic N) is 2. The summed E-state index contributed by atoms with van der Waals surface area (Å²) >= 11 is 0. The highest BCUT2D eigenvalue weighted by molar-refractivity contribution is 6.18. The van der Waals surface area contributed by atoms with E-state index in [1.54, 1.807) is 0 Å². The smallest absolute Gasteiger partial charge is 0.336 e. The number of fused-ring (bicyclic) bond motifs is 1. The Kier molecular flexibility index (Phi) is 4.89. The van der Waals surface area contributed by atoms with E-state index in [4.69, 9.17) is 5.11 Å². The lowest BCUT2D eigenvalue weighted by Crippen LogP contribution is -2.27. The van der Waals surface area contributed by atoms with E-state index in [0.29, 0.717) is 0 Å². The number of nitro benzene ring substituents is 2. The molecule has 0 aliphatic carbocycles. The van der Waals surface area contributed by atoms with Gasteiger partial charge in [-0.1, -0.05) is 0 Å². The van der Waals surface area contributed by atoms with Crippen molar-refractivity contribution in [1.29, 1.82) is 0 Å². The Balaban J connectivity index is 2.97. The van der Waals surface area contributed by atoms with Gasteiger partial charge in [-0.25, -0.2) is 4.79 Å². The third-order valence-corrected chi connectivity index (χ3v) is 3.38. The summed E-state index contributed by atoms with van der Waals surface area (Å²) in [5, 5.41) is 41.9. The van der Waals surface area contributed by atoms with Crippen molar-refractivity contribution in [3.8, 4) is 0 Å². The Morgan fingerprint density at radius 3 is 1.92 bits per heavy atom. The van der Waals surface area contributed by atoms with Crippen LogP contribution < -0.4 is 5.32 Å². The largest absolute Gasteiger partial charge is 0.478 e. The lowest BCUT2D eigenvalue weighted by atomic mass is 9.96. The van der Waals surface area contributed by atoms with Crippen molar-refractivity contribution in [2.45, 2.75) is 0 Å². The van der Waals surface area contributed by atoms with Crippen molar-refractivity contribution in [2.75, 3.05) is 13.2 Å². The van der Waals surface area contributed by atoms with E-state index in [9.17, 15) is 34.9 Å². The van der Waals surface area contributed by atoms with Crippen LogP contribution in [0.2, 0.25) is 0 Å². The molecule has 0 fully saturated rings. The second-order valence-electron chi connectivity index (χ2n) is 4.81. The minimum absolute atomic E-state index is 0.144. The van der Waals surface area contributed by atoms with Crippen molar-refractivity contribution in [1.82, 2.24) is 5.32 Å². The van der Waals surface area contributed by atoms with Gasteiger partial charge in [0.25, 0.3) is 17.3 Å². The average molecular weight is 349 g/mol. The van der Waals surface area contributed by atoms with Crippen molar-refractivity contribution in [3.05, 3.63) is 55.6 Å². The summed E-state index contributed by atoms with van der Waals surface area (Å²) in [6, 6.07) is 3.67. The first-order valence-corrected chi connectivity index (χ1v) is 6.80. The summed E-state index contributed by atoms with van der Waals surface area (Å²) in [5.41, 5.74) is -2.15. The minimum Gasteiger partial charge on any atom is -0.478 e. The van der Waals surface area contributed by atoms with Crippen LogP contribution in [0.1, 0.15) is 20.7 Å². The number of carboxylic acid groups (broad SMARTS) is 1. The first kappa shape index (κ1) is 17.7. The SMILES string of the molecule is O=C(O)c1ccc([N+](=O)[O-])c2c([N+](=O)[O-])ccc(C(=O)NCCO)c12. The highest BCUT2D eigenvalue weighted by Gasteiger charge is 2.29. The lowest BCUT2D eigenvalue weighted by molar-refractivity contribution is -0.390. The van der Waals surface area contributed by atoms with Crippen LogP contribution in [0.5, 0.6) is 0 Å². The second-order valence-corrected chi connectivity index (χ2v) is 4.81. The number of amides is 1. The summed E-state index contributed by atoms with van der Waals surface area (Å²) in [6.07, 6.45) is 0. The quantitative estimate of drug-likeness (QED) is 0.513. The molecule has 130 valence electrons. The third kappa shape index (κ3) is 3.21. The Morgan fingerprint density at radius 2 is 1.48 bits per heavy atom. The fourth-order valence-corrected chi connectivity index (χ4v) is 2.40. The van der Waals surface area contributed by atoms with Gasteiger partial charge in [0.05, 0.1) is 22.0 Å². The van der Waals surface area contributed by atoms with E-state index in [-0.39, 0.29) is 18.7 Å². The van der Waals surface area contributed by atoms with Gasteiger partial charge in [-0.05, 0) is 12.1 Å². The number of carbonyl (C=O) groups is 2. The molecule has 25 heavy (non-hydrogen) atoms. The van der Waals surface area contributed by atoms with Crippen molar-refractivity contribution in [3.63, 3.8) is 0 Å². The van der Waals surface area contributed by atoms with Gasteiger partial charge < -0.3 is 15.5 Å². The molecule has 0 saturated heterocycles. The average Bonchev–Trinajstić information content (AvgIpc) is 2.56. The molecule has 0 spiro atoms. The monoisotopic (exact) mass is 349 g/mol. The first-order valence-electron chi connectivity index (χ1n) is 6.80. The zero-order valence-electron chi connectivity index (χ0n) is 12.5. The van der Waals surface area contributed by atoms with Crippen LogP contribution in [0.3, 0.4) is 0 Å². The predicted octanol–water partition coefficient (Wildman–Crippen LogP) is 1.08. The summed E-state index contributed by atoms with van der Waals surface area (Å²) in [5.74, 6) is -2.33. The van der Waals surface area contributed by atoms with Crippen LogP contribution in [-0.2, 0) is 0 Å². The maximum atomic E-state index is 12.2. The molecule has 0 unspecified atom stereocenters. The van der Waals surface area contributed by atoms with E-state index in [1.807, 2.05) is 0 Å². The molecule has 1 amide bonds. The number of carboxylic acids is 1. The van der Waals surface area contributed by atoms with Crippen molar-refractivity contribution in [2.24, 2.45) is 0 Å². The topological polar surface area (TPSA) is 173 Å².